The fourth-order valence-electron chi connectivity index (χ4n) is 0.677. The molecule has 0 saturated carbocycles. The maximum atomic E-state index is 5.64. The number of rotatable bonds is 1. The van der Waals surface area contributed by atoms with Gasteiger partial charge in [-0.15, -0.1) is 0 Å². The van der Waals surface area contributed by atoms with Crippen molar-refractivity contribution >= 4 is 28.8 Å². The van der Waals surface area contributed by atoms with E-state index in [2.05, 4.69) is 4.98 Å². The molecule has 0 atom stereocenters. The first-order valence-electron chi connectivity index (χ1n) is 2.59. The molecule has 0 aromatic carbocycles. The average Bonchev–Trinajstić information content (AvgIpc) is 2.11. The summed E-state index contributed by atoms with van der Waals surface area (Å²) in [6.07, 6.45) is 1.57. The van der Waals surface area contributed by atoms with E-state index in [0.29, 0.717) is 10.8 Å². The number of aryl methyl sites for hydroxylation is 1. The van der Waals surface area contributed by atoms with Crippen LogP contribution in [0.1, 0.15) is 5.69 Å². The number of aromatic nitrogens is 2. The van der Waals surface area contributed by atoms with E-state index in [1.54, 1.807) is 17.9 Å². The minimum Gasteiger partial charge on any atom is -0.388 e. The fraction of sp³-hybridized carbons (Fsp3) is 0.200. The molecule has 0 aliphatic rings. The molecule has 0 fully saturated rings. The first kappa shape index (κ1) is 7.50. The molecular formula is C5H6ClN3S. The van der Waals surface area contributed by atoms with Gasteiger partial charge in [-0.2, -0.15) is 0 Å². The highest BCUT2D eigenvalue weighted by Crippen LogP contribution is 2.11. The van der Waals surface area contributed by atoms with E-state index in [1.807, 2.05) is 0 Å². The molecule has 0 unspecified atom stereocenters. The summed E-state index contributed by atoms with van der Waals surface area (Å²) in [7, 11) is 1.79. The van der Waals surface area contributed by atoms with E-state index < -0.39 is 0 Å². The Hall–Kier alpha value is -0.610. The van der Waals surface area contributed by atoms with Crippen LogP contribution < -0.4 is 5.73 Å². The van der Waals surface area contributed by atoms with E-state index in [-0.39, 0.29) is 4.99 Å². The van der Waals surface area contributed by atoms with Crippen molar-refractivity contribution in [3.8, 4) is 0 Å². The molecule has 10 heavy (non-hydrogen) atoms. The summed E-state index contributed by atoms with van der Waals surface area (Å²) in [5.74, 6) is 0. The lowest BCUT2D eigenvalue weighted by molar-refractivity contribution is 0.903. The predicted octanol–water partition coefficient (Wildman–Crippen LogP) is 0.708. The van der Waals surface area contributed by atoms with Crippen LogP contribution in [-0.2, 0) is 7.05 Å². The van der Waals surface area contributed by atoms with Crippen LogP contribution >= 0.6 is 23.8 Å². The Morgan fingerprint density at radius 2 is 2.50 bits per heavy atom. The Morgan fingerprint density at radius 1 is 1.90 bits per heavy atom. The molecule has 0 saturated heterocycles. The Bertz CT molecular complexity index is 248. The van der Waals surface area contributed by atoms with Crippen LogP contribution in [0, 0.1) is 0 Å². The first-order valence-corrected chi connectivity index (χ1v) is 3.38. The summed E-state index contributed by atoms with van der Waals surface area (Å²) < 4.78 is 1.69. The zero-order valence-electron chi connectivity index (χ0n) is 5.34. The van der Waals surface area contributed by atoms with Gasteiger partial charge in [-0.3, -0.25) is 0 Å². The zero-order chi connectivity index (χ0) is 7.72. The van der Waals surface area contributed by atoms with Crippen molar-refractivity contribution in [3.63, 3.8) is 0 Å². The summed E-state index contributed by atoms with van der Waals surface area (Å²) in [4.78, 5) is 4.07. The lowest BCUT2D eigenvalue weighted by Gasteiger charge is -1.97. The molecule has 5 heteroatoms. The van der Waals surface area contributed by atoms with E-state index in [9.17, 15) is 0 Å². The molecule has 0 aliphatic heterocycles. The molecule has 1 aromatic rings. The van der Waals surface area contributed by atoms with E-state index in [1.165, 1.54) is 0 Å². The zero-order valence-corrected chi connectivity index (χ0v) is 6.91. The summed E-state index contributed by atoms with van der Waals surface area (Å²) >= 11 is 10.4. The maximum Gasteiger partial charge on any atom is 0.157 e. The Balaban J connectivity index is 3.23. The van der Waals surface area contributed by atoms with Gasteiger partial charge in [0.15, 0.2) is 5.15 Å². The van der Waals surface area contributed by atoms with Crippen LogP contribution in [0.5, 0.6) is 0 Å². The van der Waals surface area contributed by atoms with Gasteiger partial charge in [0, 0.05) is 7.05 Å². The van der Waals surface area contributed by atoms with Crippen molar-refractivity contribution in [2.24, 2.45) is 12.8 Å². The predicted molar refractivity (Wildman–Crippen MR) is 44.1 cm³/mol. The van der Waals surface area contributed by atoms with Gasteiger partial charge in [-0.25, -0.2) is 4.98 Å². The highest BCUT2D eigenvalue weighted by molar-refractivity contribution is 7.80. The normalized spacial score (nSPS) is 9.80. The third kappa shape index (κ3) is 1.12. The molecule has 2 N–H and O–H groups in total. The second-order valence-corrected chi connectivity index (χ2v) is 2.66. The van der Waals surface area contributed by atoms with Gasteiger partial charge in [0.2, 0.25) is 0 Å². The minimum atomic E-state index is 0.269. The van der Waals surface area contributed by atoms with Crippen LogP contribution in [0.4, 0.5) is 0 Å². The standard InChI is InChI=1S/C5H6ClN3S/c1-9-2-8-4(6)3(9)5(7)10/h2H,1H3,(H2,7,10). The number of hydrogen-bond donors (Lipinski definition) is 1. The fourth-order valence-corrected chi connectivity index (χ4v) is 1.25. The molecule has 0 aliphatic carbocycles. The molecule has 0 amide bonds. The molecule has 0 spiro atoms. The molecule has 54 valence electrons. The van der Waals surface area contributed by atoms with Gasteiger partial charge in [-0.05, 0) is 0 Å². The van der Waals surface area contributed by atoms with Gasteiger partial charge in [-0.1, -0.05) is 23.8 Å². The van der Waals surface area contributed by atoms with Gasteiger partial charge >= 0.3 is 0 Å². The molecule has 0 bridgehead atoms. The second-order valence-electron chi connectivity index (χ2n) is 1.86. The summed E-state index contributed by atoms with van der Waals surface area (Å²) in [5.41, 5.74) is 5.95. The number of imidazole rings is 1. The van der Waals surface area contributed by atoms with Crippen LogP contribution in [-0.4, -0.2) is 14.5 Å². The number of nitrogens with zero attached hydrogens (tertiary/aromatic N) is 2. The minimum absolute atomic E-state index is 0.269. The van der Waals surface area contributed by atoms with Gasteiger partial charge in [0.25, 0.3) is 0 Å². The summed E-state index contributed by atoms with van der Waals surface area (Å²) in [5, 5.41) is 0.356. The van der Waals surface area contributed by atoms with Crippen molar-refractivity contribution in [1.29, 1.82) is 0 Å². The molecule has 1 aromatic heterocycles. The van der Waals surface area contributed by atoms with Crippen molar-refractivity contribution < 1.29 is 0 Å². The molecule has 0 radical (unpaired) electrons. The topological polar surface area (TPSA) is 43.8 Å². The maximum absolute atomic E-state index is 5.64. The van der Waals surface area contributed by atoms with E-state index in [4.69, 9.17) is 29.6 Å². The average molecular weight is 176 g/mol. The van der Waals surface area contributed by atoms with Gasteiger partial charge < -0.3 is 10.3 Å². The molecular weight excluding hydrogens is 170 g/mol. The molecule has 1 heterocycles. The SMILES string of the molecule is Cn1cnc(Cl)c1C(N)=S. The lowest BCUT2D eigenvalue weighted by Crippen LogP contribution is -2.13. The van der Waals surface area contributed by atoms with E-state index >= 15 is 0 Å². The quantitative estimate of drug-likeness (QED) is 0.640. The Morgan fingerprint density at radius 3 is 2.70 bits per heavy atom. The van der Waals surface area contributed by atoms with Crippen LogP contribution in [0.2, 0.25) is 5.15 Å². The highest BCUT2D eigenvalue weighted by atomic mass is 35.5. The van der Waals surface area contributed by atoms with Gasteiger partial charge in [0.1, 0.15) is 10.7 Å². The molecule has 1 rings (SSSR count). The number of thiocarbonyl (C=S) groups is 1. The highest BCUT2D eigenvalue weighted by Gasteiger charge is 2.07. The van der Waals surface area contributed by atoms with Crippen LogP contribution in [0.25, 0.3) is 0 Å². The monoisotopic (exact) mass is 175 g/mol. The van der Waals surface area contributed by atoms with Crippen LogP contribution in [0.15, 0.2) is 6.33 Å². The second kappa shape index (κ2) is 2.56. The third-order valence-corrected chi connectivity index (χ3v) is 1.60. The van der Waals surface area contributed by atoms with E-state index in [0.717, 1.165) is 0 Å². The third-order valence-electron chi connectivity index (χ3n) is 1.13. The number of hydrogen-bond acceptors (Lipinski definition) is 2. The number of nitrogens with two attached hydrogens (primary N) is 1. The first-order chi connectivity index (χ1) is 4.63. The van der Waals surface area contributed by atoms with Crippen molar-refractivity contribution in [2.45, 2.75) is 0 Å². The Kier molecular flexibility index (Phi) is 1.92. The van der Waals surface area contributed by atoms with Crippen molar-refractivity contribution in [1.82, 2.24) is 9.55 Å². The molecule has 3 nitrogen and oxygen atoms in total. The summed E-state index contributed by atoms with van der Waals surface area (Å²) in [6.45, 7) is 0. The Labute approximate surface area is 68.8 Å². The summed E-state index contributed by atoms with van der Waals surface area (Å²) in [6, 6.07) is 0. The lowest BCUT2D eigenvalue weighted by atomic mass is 10.5. The van der Waals surface area contributed by atoms with Gasteiger partial charge in [0.05, 0.1) is 6.33 Å². The van der Waals surface area contributed by atoms with Crippen molar-refractivity contribution in [2.75, 3.05) is 0 Å². The smallest absolute Gasteiger partial charge is 0.157 e. The van der Waals surface area contributed by atoms with Crippen molar-refractivity contribution in [3.05, 3.63) is 17.2 Å². The van der Waals surface area contributed by atoms with Crippen LogP contribution in [0.3, 0.4) is 0 Å². The largest absolute Gasteiger partial charge is 0.388 e. The number of halogens is 1.